The van der Waals surface area contributed by atoms with Gasteiger partial charge in [0.2, 0.25) is 6.35 Å². The van der Waals surface area contributed by atoms with E-state index in [0.29, 0.717) is 18.0 Å². The first-order valence-corrected chi connectivity index (χ1v) is 10.0. The van der Waals surface area contributed by atoms with Gasteiger partial charge < -0.3 is 14.5 Å². The molecule has 0 radical (unpaired) electrons. The molecule has 1 saturated carbocycles. The van der Waals surface area contributed by atoms with Crippen molar-refractivity contribution in [1.82, 2.24) is 9.88 Å². The van der Waals surface area contributed by atoms with Crippen molar-refractivity contribution in [3.05, 3.63) is 35.5 Å². The van der Waals surface area contributed by atoms with Gasteiger partial charge in [-0.25, -0.2) is 9.98 Å². The molecule has 0 amide bonds. The van der Waals surface area contributed by atoms with E-state index >= 15 is 0 Å². The third-order valence-corrected chi connectivity index (χ3v) is 6.72. The summed E-state index contributed by atoms with van der Waals surface area (Å²) in [4.78, 5) is 13.8. The van der Waals surface area contributed by atoms with E-state index in [-0.39, 0.29) is 6.35 Å². The zero-order valence-electron chi connectivity index (χ0n) is 15.8. The fourth-order valence-corrected chi connectivity index (χ4v) is 4.72. The average molecular weight is 371 g/mol. The van der Waals surface area contributed by atoms with E-state index in [2.05, 4.69) is 49.0 Å². The highest BCUT2D eigenvalue weighted by molar-refractivity contribution is 7.18. The van der Waals surface area contributed by atoms with E-state index in [1.165, 1.54) is 22.5 Å². The minimum absolute atomic E-state index is 0.302. The molecular weight excluding hydrogens is 344 g/mol. The molecule has 1 unspecified atom stereocenters. The van der Waals surface area contributed by atoms with E-state index in [4.69, 9.17) is 9.72 Å². The Morgan fingerprint density at radius 3 is 2.85 bits per heavy atom. The number of thiazole rings is 1. The zero-order valence-corrected chi connectivity index (χ0v) is 16.6. The minimum Gasteiger partial charge on any atom is -0.342 e. The molecule has 2 heterocycles. The van der Waals surface area contributed by atoms with Crippen LogP contribution in [0.4, 0.5) is 5.69 Å². The van der Waals surface area contributed by atoms with Crippen molar-refractivity contribution in [3.8, 4) is 0 Å². The topological polar surface area (TPSA) is 41.0 Å². The van der Waals surface area contributed by atoms with Gasteiger partial charge in [-0.2, -0.15) is 0 Å². The summed E-state index contributed by atoms with van der Waals surface area (Å²) in [7, 11) is 3.91. The Balaban J connectivity index is 1.52. The van der Waals surface area contributed by atoms with Gasteiger partial charge in [-0.3, -0.25) is 0 Å². The number of nitrogens with zero attached hydrogens (tertiary/aromatic N) is 4. The maximum Gasteiger partial charge on any atom is 0.231 e. The van der Waals surface area contributed by atoms with Crippen LogP contribution in [0.25, 0.3) is 10.2 Å². The molecule has 1 atom stereocenters. The largest absolute Gasteiger partial charge is 0.342 e. The summed E-state index contributed by atoms with van der Waals surface area (Å²) < 4.78 is 6.69. The number of hydrogen-bond acceptors (Lipinski definition) is 6. The molecule has 1 aromatic carbocycles. The van der Waals surface area contributed by atoms with Crippen LogP contribution < -0.4 is 4.90 Å². The van der Waals surface area contributed by atoms with Gasteiger partial charge in [0.05, 0.1) is 15.2 Å². The SMILES string of the molecule is COC1N=CC=CN1c1ccc2nc([C@H]3C[C@H](N(C)C(C)C)C3)sc2c1. The molecule has 1 fully saturated rings. The lowest BCUT2D eigenvalue weighted by Crippen LogP contribution is -2.44. The van der Waals surface area contributed by atoms with Gasteiger partial charge in [-0.1, -0.05) is 0 Å². The van der Waals surface area contributed by atoms with Crippen LogP contribution >= 0.6 is 11.3 Å². The van der Waals surface area contributed by atoms with Crippen molar-refractivity contribution < 1.29 is 4.74 Å². The normalized spacial score (nSPS) is 25.5. The first-order chi connectivity index (χ1) is 12.6. The Labute approximate surface area is 159 Å². The fraction of sp³-hybridized carbons (Fsp3) is 0.500. The quantitative estimate of drug-likeness (QED) is 0.790. The molecule has 0 saturated heterocycles. The summed E-state index contributed by atoms with van der Waals surface area (Å²) in [6, 6.07) is 7.71. The summed E-state index contributed by atoms with van der Waals surface area (Å²) in [6.45, 7) is 4.53. The first kappa shape index (κ1) is 17.6. The molecule has 2 aromatic rings. The van der Waals surface area contributed by atoms with Crippen LogP contribution in [0, 0.1) is 0 Å². The number of methoxy groups -OCH3 is 1. The van der Waals surface area contributed by atoms with Crippen molar-refractivity contribution in [3.63, 3.8) is 0 Å². The number of aliphatic imine (C=N–C) groups is 1. The molecule has 138 valence electrons. The molecular formula is C20H26N4OS. The predicted octanol–water partition coefficient (Wildman–Crippen LogP) is 4.22. The molecule has 4 rings (SSSR count). The smallest absolute Gasteiger partial charge is 0.231 e. The lowest BCUT2D eigenvalue weighted by molar-refractivity contribution is 0.108. The first-order valence-electron chi connectivity index (χ1n) is 9.20. The van der Waals surface area contributed by atoms with Gasteiger partial charge in [0.15, 0.2) is 0 Å². The molecule has 1 aliphatic carbocycles. The fourth-order valence-electron chi connectivity index (χ4n) is 3.60. The molecule has 1 aromatic heterocycles. The van der Waals surface area contributed by atoms with Crippen LogP contribution in [-0.4, -0.2) is 48.7 Å². The van der Waals surface area contributed by atoms with E-state index < -0.39 is 0 Å². The molecule has 0 N–H and O–H groups in total. The third-order valence-electron chi connectivity index (χ3n) is 5.53. The van der Waals surface area contributed by atoms with Gasteiger partial charge in [0, 0.05) is 43.2 Å². The molecule has 1 aliphatic heterocycles. The van der Waals surface area contributed by atoms with Gasteiger partial charge >= 0.3 is 0 Å². The summed E-state index contributed by atoms with van der Waals surface area (Å²) in [5, 5.41) is 1.28. The molecule has 2 aliphatic rings. The summed E-state index contributed by atoms with van der Waals surface area (Å²) in [5.74, 6) is 0.605. The van der Waals surface area contributed by atoms with Crippen LogP contribution in [0.1, 0.15) is 37.6 Å². The number of allylic oxidation sites excluding steroid dienone is 1. The highest BCUT2D eigenvalue weighted by atomic mass is 32.1. The van der Waals surface area contributed by atoms with E-state index in [1.54, 1.807) is 13.3 Å². The van der Waals surface area contributed by atoms with Crippen molar-refractivity contribution in [2.75, 3.05) is 19.1 Å². The second-order valence-electron chi connectivity index (χ2n) is 7.39. The van der Waals surface area contributed by atoms with Gasteiger partial charge in [-0.05, 0) is 58.0 Å². The van der Waals surface area contributed by atoms with Crippen molar-refractivity contribution >= 4 is 33.5 Å². The Morgan fingerprint density at radius 2 is 2.12 bits per heavy atom. The number of benzene rings is 1. The maximum atomic E-state index is 5.45. The standard InChI is InChI=1S/C20H26N4OS/c1-13(2)23(3)16-10-14(11-16)19-22-17-7-6-15(12-18(17)26-19)24-9-5-8-21-20(24)25-4/h5-9,12-14,16,20H,10-11H2,1-4H3/t14-,16-,20?. The van der Waals surface area contributed by atoms with Crippen LogP contribution in [0.5, 0.6) is 0 Å². The molecule has 0 spiro atoms. The number of hydrogen-bond donors (Lipinski definition) is 0. The van der Waals surface area contributed by atoms with Crippen LogP contribution in [0.2, 0.25) is 0 Å². The second kappa shape index (κ2) is 7.10. The average Bonchev–Trinajstić information content (AvgIpc) is 3.02. The summed E-state index contributed by atoms with van der Waals surface area (Å²) in [5.41, 5.74) is 2.17. The summed E-state index contributed by atoms with van der Waals surface area (Å²) >= 11 is 1.83. The van der Waals surface area contributed by atoms with E-state index in [0.717, 1.165) is 11.2 Å². The number of rotatable bonds is 5. The maximum absolute atomic E-state index is 5.45. The number of aromatic nitrogens is 1. The zero-order chi connectivity index (χ0) is 18.3. The molecule has 26 heavy (non-hydrogen) atoms. The van der Waals surface area contributed by atoms with Gasteiger partial charge in [-0.15, -0.1) is 11.3 Å². The molecule has 5 nitrogen and oxygen atoms in total. The van der Waals surface area contributed by atoms with E-state index in [9.17, 15) is 0 Å². The van der Waals surface area contributed by atoms with Crippen molar-refractivity contribution in [1.29, 1.82) is 0 Å². The highest BCUT2D eigenvalue weighted by Gasteiger charge is 2.35. The molecule has 6 heteroatoms. The van der Waals surface area contributed by atoms with Crippen molar-refractivity contribution in [2.45, 2.75) is 51.0 Å². The Bertz CT molecular complexity index is 837. The summed E-state index contributed by atoms with van der Waals surface area (Å²) in [6.07, 6.45) is 7.84. The minimum atomic E-state index is -0.302. The van der Waals surface area contributed by atoms with Crippen LogP contribution in [-0.2, 0) is 4.74 Å². The Morgan fingerprint density at radius 1 is 1.31 bits per heavy atom. The Hall–Kier alpha value is -1.76. The van der Waals surface area contributed by atoms with Crippen molar-refractivity contribution in [2.24, 2.45) is 4.99 Å². The number of anilines is 1. The van der Waals surface area contributed by atoms with Gasteiger partial charge in [0.1, 0.15) is 0 Å². The number of ether oxygens (including phenoxy) is 1. The predicted molar refractivity (Wildman–Crippen MR) is 109 cm³/mol. The van der Waals surface area contributed by atoms with Crippen LogP contribution in [0.15, 0.2) is 35.5 Å². The number of fused-ring (bicyclic) bond motifs is 1. The lowest BCUT2D eigenvalue weighted by Gasteiger charge is -2.42. The lowest BCUT2D eigenvalue weighted by atomic mass is 9.79. The van der Waals surface area contributed by atoms with E-state index in [1.807, 2.05) is 28.5 Å². The highest BCUT2D eigenvalue weighted by Crippen LogP contribution is 2.43. The Kier molecular flexibility index (Phi) is 4.82. The van der Waals surface area contributed by atoms with Gasteiger partial charge in [0.25, 0.3) is 0 Å². The monoisotopic (exact) mass is 370 g/mol. The third kappa shape index (κ3) is 3.17. The second-order valence-corrected chi connectivity index (χ2v) is 8.46. The molecule has 0 bridgehead atoms. The van der Waals surface area contributed by atoms with Crippen LogP contribution in [0.3, 0.4) is 0 Å².